The summed E-state index contributed by atoms with van der Waals surface area (Å²) in [7, 11) is 0. The summed E-state index contributed by atoms with van der Waals surface area (Å²) in [6.07, 6.45) is 5.55. The van der Waals surface area contributed by atoms with Gasteiger partial charge in [0.05, 0.1) is 6.61 Å². The normalized spacial score (nSPS) is 11.8. The van der Waals surface area contributed by atoms with Crippen LogP contribution in [-0.4, -0.2) is 36.2 Å². The van der Waals surface area contributed by atoms with E-state index in [0.717, 1.165) is 43.5 Å². The molecule has 0 bridgehead atoms. The van der Waals surface area contributed by atoms with Gasteiger partial charge in [0.1, 0.15) is 11.8 Å². The first-order chi connectivity index (χ1) is 12.1. The Kier molecular flexibility index (Phi) is 10.3. The number of amides is 1. The zero-order valence-electron chi connectivity index (χ0n) is 15.0. The summed E-state index contributed by atoms with van der Waals surface area (Å²) in [5, 5.41) is 11.8. The number of benzene rings is 1. The maximum Gasteiger partial charge on any atom is 0.326 e. The van der Waals surface area contributed by atoms with E-state index in [0.29, 0.717) is 19.4 Å². The fourth-order valence-corrected chi connectivity index (χ4v) is 2.44. The molecule has 0 aliphatic rings. The molecule has 0 spiro atoms. The topological polar surface area (TPSA) is 102 Å². The van der Waals surface area contributed by atoms with Gasteiger partial charge in [-0.3, -0.25) is 4.79 Å². The SMILES string of the molecule is CCCC(=O)NC(Cc1ccc(OCCCCCCN)cc1)C(=O)O. The molecule has 1 atom stereocenters. The van der Waals surface area contributed by atoms with E-state index in [1.807, 2.05) is 31.2 Å². The lowest BCUT2D eigenvalue weighted by Crippen LogP contribution is -2.42. The third-order valence-electron chi connectivity index (χ3n) is 3.84. The fourth-order valence-electron chi connectivity index (χ4n) is 2.44. The van der Waals surface area contributed by atoms with Gasteiger partial charge in [0.2, 0.25) is 5.91 Å². The molecule has 1 unspecified atom stereocenters. The molecule has 6 nitrogen and oxygen atoms in total. The Labute approximate surface area is 149 Å². The van der Waals surface area contributed by atoms with E-state index < -0.39 is 12.0 Å². The summed E-state index contributed by atoms with van der Waals surface area (Å²) < 4.78 is 5.67. The Hall–Kier alpha value is -2.08. The van der Waals surface area contributed by atoms with Crippen LogP contribution in [0.2, 0.25) is 0 Å². The molecule has 1 rings (SSSR count). The van der Waals surface area contributed by atoms with Gasteiger partial charge in [-0.05, 0) is 43.5 Å². The predicted molar refractivity (Wildman–Crippen MR) is 97.6 cm³/mol. The number of carboxylic acids is 1. The van der Waals surface area contributed by atoms with Crippen molar-refractivity contribution < 1.29 is 19.4 Å². The minimum Gasteiger partial charge on any atom is -0.494 e. The van der Waals surface area contributed by atoms with Crippen molar-refractivity contribution in [3.05, 3.63) is 29.8 Å². The highest BCUT2D eigenvalue weighted by atomic mass is 16.5. The molecule has 0 saturated heterocycles. The largest absolute Gasteiger partial charge is 0.494 e. The third-order valence-corrected chi connectivity index (χ3v) is 3.84. The zero-order valence-corrected chi connectivity index (χ0v) is 15.0. The summed E-state index contributed by atoms with van der Waals surface area (Å²) in [5.41, 5.74) is 6.30. The number of rotatable bonds is 13. The summed E-state index contributed by atoms with van der Waals surface area (Å²) in [4.78, 5) is 22.9. The van der Waals surface area contributed by atoms with E-state index >= 15 is 0 Å². The highest BCUT2D eigenvalue weighted by Gasteiger charge is 2.19. The molecule has 1 aromatic rings. The minimum atomic E-state index is -1.03. The van der Waals surface area contributed by atoms with Crippen molar-refractivity contribution in [2.24, 2.45) is 5.73 Å². The molecule has 0 radical (unpaired) electrons. The van der Waals surface area contributed by atoms with Crippen molar-refractivity contribution in [2.75, 3.05) is 13.2 Å². The number of aliphatic carboxylic acids is 1. The van der Waals surface area contributed by atoms with Crippen molar-refractivity contribution in [1.29, 1.82) is 0 Å². The number of carbonyl (C=O) groups is 2. The van der Waals surface area contributed by atoms with Crippen LogP contribution in [0, 0.1) is 0 Å². The first-order valence-corrected chi connectivity index (χ1v) is 9.00. The van der Waals surface area contributed by atoms with E-state index in [9.17, 15) is 14.7 Å². The molecule has 0 fully saturated rings. The number of carbonyl (C=O) groups excluding carboxylic acids is 1. The summed E-state index contributed by atoms with van der Waals surface area (Å²) in [6, 6.07) is 6.44. The molecule has 1 aromatic carbocycles. The number of unbranched alkanes of at least 4 members (excludes halogenated alkanes) is 3. The lowest BCUT2D eigenvalue weighted by Gasteiger charge is -2.15. The van der Waals surface area contributed by atoms with Crippen LogP contribution in [0.1, 0.15) is 51.0 Å². The Morgan fingerprint density at radius 3 is 2.44 bits per heavy atom. The first kappa shape index (κ1) is 21.0. The van der Waals surface area contributed by atoms with Gasteiger partial charge in [-0.2, -0.15) is 0 Å². The molecular formula is C19H30N2O4. The van der Waals surface area contributed by atoms with Gasteiger partial charge < -0.3 is 20.9 Å². The molecular weight excluding hydrogens is 320 g/mol. The number of nitrogens with two attached hydrogens (primary N) is 1. The summed E-state index contributed by atoms with van der Waals surface area (Å²) in [6.45, 7) is 3.28. The van der Waals surface area contributed by atoms with Crippen molar-refractivity contribution in [1.82, 2.24) is 5.32 Å². The molecule has 6 heteroatoms. The average molecular weight is 350 g/mol. The van der Waals surface area contributed by atoms with Crippen LogP contribution in [0.4, 0.5) is 0 Å². The van der Waals surface area contributed by atoms with Crippen LogP contribution in [0.25, 0.3) is 0 Å². The van der Waals surface area contributed by atoms with E-state index in [1.54, 1.807) is 0 Å². The van der Waals surface area contributed by atoms with E-state index in [-0.39, 0.29) is 12.3 Å². The van der Waals surface area contributed by atoms with Gasteiger partial charge >= 0.3 is 5.97 Å². The van der Waals surface area contributed by atoms with E-state index in [1.165, 1.54) is 0 Å². The Morgan fingerprint density at radius 1 is 1.16 bits per heavy atom. The molecule has 0 heterocycles. The number of nitrogens with one attached hydrogen (secondary N) is 1. The van der Waals surface area contributed by atoms with E-state index in [2.05, 4.69) is 5.32 Å². The molecule has 0 aromatic heterocycles. The summed E-state index contributed by atoms with van der Waals surface area (Å²) >= 11 is 0. The van der Waals surface area contributed by atoms with Crippen molar-refractivity contribution in [3.63, 3.8) is 0 Å². The quantitative estimate of drug-likeness (QED) is 0.474. The molecule has 25 heavy (non-hydrogen) atoms. The van der Waals surface area contributed by atoms with Crippen LogP contribution in [0.15, 0.2) is 24.3 Å². The molecule has 1 amide bonds. The molecule has 0 aliphatic heterocycles. The number of ether oxygens (including phenoxy) is 1. The van der Waals surface area contributed by atoms with Crippen LogP contribution in [0.3, 0.4) is 0 Å². The van der Waals surface area contributed by atoms with E-state index in [4.69, 9.17) is 10.5 Å². The van der Waals surface area contributed by atoms with Crippen molar-refractivity contribution in [2.45, 2.75) is 57.9 Å². The second kappa shape index (κ2) is 12.3. The number of carboxylic acid groups (broad SMARTS) is 1. The first-order valence-electron chi connectivity index (χ1n) is 9.00. The standard InChI is InChI=1S/C19H30N2O4/c1-2-7-18(22)21-17(19(23)24)14-15-8-10-16(11-9-15)25-13-6-4-3-5-12-20/h8-11,17H,2-7,12-14,20H2,1H3,(H,21,22)(H,23,24). The lowest BCUT2D eigenvalue weighted by molar-refractivity contribution is -0.141. The van der Waals surface area contributed by atoms with Gasteiger partial charge in [0, 0.05) is 12.8 Å². The van der Waals surface area contributed by atoms with Crippen molar-refractivity contribution >= 4 is 11.9 Å². The van der Waals surface area contributed by atoms with Crippen LogP contribution >= 0.6 is 0 Å². The van der Waals surface area contributed by atoms with Gasteiger partial charge in [-0.25, -0.2) is 4.79 Å². The van der Waals surface area contributed by atoms with Gasteiger partial charge in [-0.15, -0.1) is 0 Å². The highest BCUT2D eigenvalue weighted by molar-refractivity contribution is 5.83. The Bertz CT molecular complexity index is 517. The highest BCUT2D eigenvalue weighted by Crippen LogP contribution is 2.14. The average Bonchev–Trinajstić information content (AvgIpc) is 2.59. The maximum atomic E-state index is 11.6. The molecule has 4 N–H and O–H groups in total. The zero-order chi connectivity index (χ0) is 18.5. The number of hydrogen-bond acceptors (Lipinski definition) is 4. The fraction of sp³-hybridized carbons (Fsp3) is 0.579. The van der Waals surface area contributed by atoms with Crippen molar-refractivity contribution in [3.8, 4) is 5.75 Å². The Morgan fingerprint density at radius 2 is 1.84 bits per heavy atom. The number of hydrogen-bond donors (Lipinski definition) is 3. The molecule has 140 valence electrons. The van der Waals surface area contributed by atoms with Gasteiger partial charge in [-0.1, -0.05) is 31.9 Å². The second-order valence-corrected chi connectivity index (χ2v) is 6.11. The maximum absolute atomic E-state index is 11.6. The smallest absolute Gasteiger partial charge is 0.326 e. The third kappa shape index (κ3) is 9.10. The van der Waals surface area contributed by atoms with Crippen LogP contribution < -0.4 is 15.8 Å². The van der Waals surface area contributed by atoms with Crippen LogP contribution in [0.5, 0.6) is 5.75 Å². The molecule has 0 aliphatic carbocycles. The lowest BCUT2D eigenvalue weighted by atomic mass is 10.1. The monoisotopic (exact) mass is 350 g/mol. The second-order valence-electron chi connectivity index (χ2n) is 6.11. The van der Waals surface area contributed by atoms with Gasteiger partial charge in [0.25, 0.3) is 0 Å². The van der Waals surface area contributed by atoms with Gasteiger partial charge in [0.15, 0.2) is 0 Å². The molecule has 0 saturated carbocycles. The Balaban J connectivity index is 2.43. The minimum absolute atomic E-state index is 0.232. The summed E-state index contributed by atoms with van der Waals surface area (Å²) in [5.74, 6) is -0.490. The van der Waals surface area contributed by atoms with Crippen LogP contribution in [-0.2, 0) is 16.0 Å². The predicted octanol–water partition coefficient (Wildman–Crippen LogP) is 2.50.